The Bertz CT molecular complexity index is 223. The van der Waals surface area contributed by atoms with E-state index in [1.54, 1.807) is 24.3 Å². The lowest BCUT2D eigenvalue weighted by atomic mass is 10.2. The van der Waals surface area contributed by atoms with Crippen molar-refractivity contribution in [2.24, 2.45) is 0 Å². The van der Waals surface area contributed by atoms with Crippen molar-refractivity contribution in [3.05, 3.63) is 46.0 Å². The molecule has 1 aromatic carbocycles. The van der Waals surface area contributed by atoms with E-state index in [9.17, 15) is 10.1 Å². The first-order valence-electron chi connectivity index (χ1n) is 2.95. The van der Waals surface area contributed by atoms with Crippen LogP contribution in [0.2, 0.25) is 0 Å². The van der Waals surface area contributed by atoms with E-state index < -0.39 is 0 Å². The van der Waals surface area contributed by atoms with Crippen LogP contribution >= 0.6 is 0 Å². The summed E-state index contributed by atoms with van der Waals surface area (Å²) in [6.07, 6.45) is 0. The van der Waals surface area contributed by atoms with Gasteiger partial charge < -0.3 is 6.15 Å². The van der Waals surface area contributed by atoms with Crippen LogP contribution in [0.5, 0.6) is 0 Å². The molecule has 0 aromatic heterocycles. The van der Waals surface area contributed by atoms with Gasteiger partial charge in [-0.1, -0.05) is 30.3 Å². The Morgan fingerprint density at radius 2 is 1.82 bits per heavy atom. The first kappa shape index (κ1) is 9.58. The lowest BCUT2D eigenvalue weighted by Gasteiger charge is -1.90. The summed E-state index contributed by atoms with van der Waals surface area (Å²) in [5, 5.41) is 9.97. The molecule has 0 aliphatic heterocycles. The van der Waals surface area contributed by atoms with Crippen LogP contribution in [0, 0.1) is 10.1 Å². The smallest absolute Gasteiger partial charge is 0.228 e. The van der Waals surface area contributed by atoms with Crippen molar-refractivity contribution < 1.29 is 4.92 Å². The minimum atomic E-state index is -0.338. The standard InChI is InChI=1S/C7H7NO2.H3N/c9-8(10)6-7-4-2-1-3-5-7;/h1-5H,6H2;1H3. The Morgan fingerprint density at radius 1 is 1.27 bits per heavy atom. The summed E-state index contributed by atoms with van der Waals surface area (Å²) in [5.41, 5.74) is 0.743. The second kappa shape index (κ2) is 4.40. The van der Waals surface area contributed by atoms with Gasteiger partial charge in [-0.15, -0.1) is 0 Å². The third kappa shape index (κ3) is 3.32. The van der Waals surface area contributed by atoms with E-state index in [-0.39, 0.29) is 17.6 Å². The van der Waals surface area contributed by atoms with Gasteiger partial charge in [-0.3, -0.25) is 10.1 Å². The van der Waals surface area contributed by atoms with E-state index in [2.05, 4.69) is 0 Å². The number of nitrogens with zero attached hydrogens (tertiary/aromatic N) is 1. The lowest BCUT2D eigenvalue weighted by Crippen LogP contribution is -1.96. The van der Waals surface area contributed by atoms with Gasteiger partial charge in [0, 0.05) is 10.5 Å². The van der Waals surface area contributed by atoms with Crippen molar-refractivity contribution in [3.63, 3.8) is 0 Å². The van der Waals surface area contributed by atoms with Crippen molar-refractivity contribution in [3.8, 4) is 0 Å². The predicted molar refractivity (Wildman–Crippen MR) is 42.2 cm³/mol. The Labute approximate surface area is 64.6 Å². The number of hydrogen-bond acceptors (Lipinski definition) is 3. The highest BCUT2D eigenvalue weighted by atomic mass is 16.6. The third-order valence-electron chi connectivity index (χ3n) is 1.15. The normalized spacial score (nSPS) is 8.36. The highest BCUT2D eigenvalue weighted by Crippen LogP contribution is 1.98. The Kier molecular flexibility index (Phi) is 3.84. The molecule has 0 unspecified atom stereocenters. The summed E-state index contributed by atoms with van der Waals surface area (Å²) in [7, 11) is 0. The van der Waals surface area contributed by atoms with Crippen molar-refractivity contribution in [1.82, 2.24) is 6.15 Å². The van der Waals surface area contributed by atoms with Gasteiger partial charge in [-0.25, -0.2) is 0 Å². The molecule has 0 spiro atoms. The highest BCUT2D eigenvalue weighted by molar-refractivity contribution is 5.13. The molecular weight excluding hydrogens is 144 g/mol. The van der Waals surface area contributed by atoms with Crippen LogP contribution in [0.4, 0.5) is 0 Å². The molecule has 0 amide bonds. The average Bonchev–Trinajstić information content (AvgIpc) is 1.88. The molecule has 1 rings (SSSR count). The number of benzene rings is 1. The van der Waals surface area contributed by atoms with E-state index in [0.29, 0.717) is 0 Å². The van der Waals surface area contributed by atoms with Crippen LogP contribution in [-0.4, -0.2) is 4.92 Å². The summed E-state index contributed by atoms with van der Waals surface area (Å²) >= 11 is 0. The van der Waals surface area contributed by atoms with Gasteiger partial charge >= 0.3 is 0 Å². The van der Waals surface area contributed by atoms with Crippen molar-refractivity contribution >= 4 is 0 Å². The Morgan fingerprint density at radius 3 is 2.27 bits per heavy atom. The molecule has 0 aliphatic carbocycles. The van der Waals surface area contributed by atoms with Gasteiger partial charge in [0.1, 0.15) is 0 Å². The van der Waals surface area contributed by atoms with Crippen LogP contribution in [0.3, 0.4) is 0 Å². The van der Waals surface area contributed by atoms with Crippen LogP contribution < -0.4 is 6.15 Å². The molecule has 0 saturated carbocycles. The molecule has 0 fully saturated rings. The largest absolute Gasteiger partial charge is 0.344 e. The van der Waals surface area contributed by atoms with E-state index in [0.717, 1.165) is 5.56 Å². The molecule has 3 N–H and O–H groups in total. The summed E-state index contributed by atoms with van der Waals surface area (Å²) < 4.78 is 0. The molecule has 60 valence electrons. The minimum absolute atomic E-state index is 0. The molecule has 0 aliphatic rings. The summed E-state index contributed by atoms with van der Waals surface area (Å²) in [5.74, 6) is 0. The van der Waals surface area contributed by atoms with Crippen molar-refractivity contribution in [2.75, 3.05) is 0 Å². The molecule has 1 aromatic rings. The van der Waals surface area contributed by atoms with Gasteiger partial charge in [-0.2, -0.15) is 0 Å². The first-order valence-corrected chi connectivity index (χ1v) is 2.95. The SMILES string of the molecule is N.O=[N+]([O-])Cc1ccccc1. The second-order valence-electron chi connectivity index (χ2n) is 1.98. The van der Waals surface area contributed by atoms with Crippen LogP contribution in [0.15, 0.2) is 30.3 Å². The van der Waals surface area contributed by atoms with E-state index in [1.807, 2.05) is 6.07 Å². The maximum atomic E-state index is 9.97. The molecule has 11 heavy (non-hydrogen) atoms. The average molecular weight is 154 g/mol. The molecular formula is C7H10N2O2. The van der Waals surface area contributed by atoms with Gasteiger partial charge in [0.2, 0.25) is 6.54 Å². The first-order chi connectivity index (χ1) is 4.79. The monoisotopic (exact) mass is 154 g/mol. The van der Waals surface area contributed by atoms with Crippen LogP contribution in [0.1, 0.15) is 5.56 Å². The second-order valence-corrected chi connectivity index (χ2v) is 1.98. The fraction of sp³-hybridized carbons (Fsp3) is 0.143. The van der Waals surface area contributed by atoms with Crippen molar-refractivity contribution in [1.29, 1.82) is 0 Å². The Hall–Kier alpha value is -1.42. The van der Waals surface area contributed by atoms with Crippen LogP contribution in [0.25, 0.3) is 0 Å². The zero-order valence-corrected chi connectivity index (χ0v) is 6.06. The molecule has 4 nitrogen and oxygen atoms in total. The fourth-order valence-electron chi connectivity index (χ4n) is 0.732. The molecule has 0 saturated heterocycles. The number of rotatable bonds is 2. The maximum absolute atomic E-state index is 9.97. The zero-order chi connectivity index (χ0) is 7.40. The Balaban J connectivity index is 0.000001000. The molecule has 0 radical (unpaired) electrons. The highest BCUT2D eigenvalue weighted by Gasteiger charge is 1.97. The van der Waals surface area contributed by atoms with E-state index in [1.165, 1.54) is 0 Å². The topological polar surface area (TPSA) is 78.1 Å². The van der Waals surface area contributed by atoms with Gasteiger partial charge in [0.05, 0.1) is 0 Å². The summed E-state index contributed by atoms with van der Waals surface area (Å²) in [6.45, 7) is -0.0825. The lowest BCUT2D eigenvalue weighted by molar-refractivity contribution is -0.496. The number of hydrogen-bond donors (Lipinski definition) is 1. The molecule has 0 heterocycles. The van der Waals surface area contributed by atoms with Gasteiger partial charge in [0.15, 0.2) is 0 Å². The molecule has 4 heteroatoms. The molecule has 0 atom stereocenters. The summed E-state index contributed by atoms with van der Waals surface area (Å²) in [6, 6.07) is 8.90. The predicted octanol–water partition coefficient (Wildman–Crippen LogP) is 1.63. The minimum Gasteiger partial charge on any atom is -0.344 e. The zero-order valence-electron chi connectivity index (χ0n) is 6.06. The van der Waals surface area contributed by atoms with E-state index in [4.69, 9.17) is 0 Å². The summed E-state index contributed by atoms with van der Waals surface area (Å²) in [4.78, 5) is 9.64. The van der Waals surface area contributed by atoms with Gasteiger partial charge in [0.25, 0.3) is 0 Å². The van der Waals surface area contributed by atoms with Gasteiger partial charge in [-0.05, 0) is 0 Å². The third-order valence-corrected chi connectivity index (χ3v) is 1.15. The quantitative estimate of drug-likeness (QED) is 0.519. The van der Waals surface area contributed by atoms with Crippen molar-refractivity contribution in [2.45, 2.75) is 6.54 Å². The fourth-order valence-corrected chi connectivity index (χ4v) is 0.732. The van der Waals surface area contributed by atoms with Crippen LogP contribution in [-0.2, 0) is 6.54 Å². The maximum Gasteiger partial charge on any atom is 0.228 e. The van der Waals surface area contributed by atoms with E-state index >= 15 is 0 Å². The number of nitro groups is 1. The molecule has 0 bridgehead atoms.